The van der Waals surface area contributed by atoms with Crippen molar-refractivity contribution in [3.63, 3.8) is 0 Å². The molecule has 1 aliphatic rings. The SMILES string of the molecule is COc1ccc(C2CC(c3cccc(Br)c3)=NN2C(N)=S)cc1OC. The van der Waals surface area contributed by atoms with E-state index in [0.717, 1.165) is 21.3 Å². The molecular formula is C18H18BrN3O2S. The van der Waals surface area contributed by atoms with Crippen LogP contribution >= 0.6 is 28.1 Å². The number of rotatable bonds is 4. The minimum atomic E-state index is -0.0775. The van der Waals surface area contributed by atoms with Gasteiger partial charge in [-0.1, -0.05) is 34.1 Å². The molecule has 0 aliphatic carbocycles. The van der Waals surface area contributed by atoms with Crippen LogP contribution in [-0.4, -0.2) is 30.1 Å². The molecule has 1 unspecified atom stereocenters. The minimum Gasteiger partial charge on any atom is -0.493 e. The van der Waals surface area contributed by atoms with Crippen LogP contribution in [0.2, 0.25) is 0 Å². The number of hydrogen-bond acceptors (Lipinski definition) is 4. The molecule has 0 fully saturated rings. The van der Waals surface area contributed by atoms with Crippen LogP contribution in [0.15, 0.2) is 52.0 Å². The van der Waals surface area contributed by atoms with Crippen LogP contribution in [0.5, 0.6) is 11.5 Å². The highest BCUT2D eigenvalue weighted by Gasteiger charge is 2.31. The molecule has 130 valence electrons. The second kappa shape index (κ2) is 7.41. The van der Waals surface area contributed by atoms with Crippen LogP contribution in [0.1, 0.15) is 23.6 Å². The first-order valence-electron chi connectivity index (χ1n) is 7.67. The molecule has 2 aromatic carbocycles. The molecule has 0 saturated carbocycles. The second-order valence-electron chi connectivity index (χ2n) is 5.57. The number of benzene rings is 2. The Morgan fingerprint density at radius 2 is 1.96 bits per heavy atom. The largest absolute Gasteiger partial charge is 0.493 e. The summed E-state index contributed by atoms with van der Waals surface area (Å²) in [5, 5.41) is 6.57. The van der Waals surface area contributed by atoms with E-state index < -0.39 is 0 Å². The fraction of sp³-hybridized carbons (Fsp3) is 0.222. The summed E-state index contributed by atoms with van der Waals surface area (Å²) in [6, 6.07) is 13.7. The predicted octanol–water partition coefficient (Wildman–Crippen LogP) is 3.86. The van der Waals surface area contributed by atoms with Gasteiger partial charge in [0.05, 0.1) is 26.0 Å². The quantitative estimate of drug-likeness (QED) is 0.762. The molecule has 0 bridgehead atoms. The molecule has 1 aliphatic heterocycles. The molecule has 0 aromatic heterocycles. The average Bonchev–Trinajstić information content (AvgIpc) is 3.07. The predicted molar refractivity (Wildman–Crippen MR) is 106 cm³/mol. The third-order valence-electron chi connectivity index (χ3n) is 4.09. The van der Waals surface area contributed by atoms with E-state index in [1.165, 1.54) is 0 Å². The summed E-state index contributed by atoms with van der Waals surface area (Å²) in [7, 11) is 3.23. The summed E-state index contributed by atoms with van der Waals surface area (Å²) in [5.41, 5.74) is 8.90. The Bertz CT molecular complexity index is 841. The van der Waals surface area contributed by atoms with Crippen LogP contribution < -0.4 is 15.2 Å². The van der Waals surface area contributed by atoms with E-state index in [2.05, 4.69) is 21.0 Å². The van der Waals surface area contributed by atoms with Crippen molar-refractivity contribution in [1.82, 2.24) is 5.01 Å². The molecule has 3 rings (SSSR count). The van der Waals surface area contributed by atoms with Crippen molar-refractivity contribution >= 4 is 39.0 Å². The van der Waals surface area contributed by atoms with Crippen molar-refractivity contribution < 1.29 is 9.47 Å². The number of halogens is 1. The van der Waals surface area contributed by atoms with E-state index in [1.54, 1.807) is 19.2 Å². The van der Waals surface area contributed by atoms with E-state index in [4.69, 9.17) is 27.4 Å². The highest BCUT2D eigenvalue weighted by atomic mass is 79.9. The molecule has 2 N–H and O–H groups in total. The van der Waals surface area contributed by atoms with E-state index in [0.29, 0.717) is 17.9 Å². The molecule has 0 spiro atoms. The lowest BCUT2D eigenvalue weighted by Crippen LogP contribution is -2.31. The monoisotopic (exact) mass is 419 g/mol. The highest BCUT2D eigenvalue weighted by Crippen LogP contribution is 2.37. The van der Waals surface area contributed by atoms with Gasteiger partial charge in [0, 0.05) is 10.9 Å². The molecular weight excluding hydrogens is 402 g/mol. The van der Waals surface area contributed by atoms with E-state index in [9.17, 15) is 0 Å². The summed E-state index contributed by atoms with van der Waals surface area (Å²) in [6.07, 6.45) is 0.698. The number of ether oxygens (including phenoxy) is 2. The lowest BCUT2D eigenvalue weighted by atomic mass is 9.98. The first-order chi connectivity index (χ1) is 12.0. The minimum absolute atomic E-state index is 0.0775. The number of methoxy groups -OCH3 is 2. The molecule has 2 aromatic rings. The third kappa shape index (κ3) is 3.62. The first-order valence-corrected chi connectivity index (χ1v) is 8.87. The Kier molecular flexibility index (Phi) is 5.24. The Labute approximate surface area is 160 Å². The maximum Gasteiger partial charge on any atom is 0.187 e. The van der Waals surface area contributed by atoms with Gasteiger partial charge in [-0.2, -0.15) is 5.10 Å². The lowest BCUT2D eigenvalue weighted by Gasteiger charge is -2.22. The Balaban J connectivity index is 1.96. The summed E-state index contributed by atoms with van der Waals surface area (Å²) in [4.78, 5) is 0. The number of thiocarbonyl (C=S) groups is 1. The van der Waals surface area contributed by atoms with Crippen molar-refractivity contribution in [2.45, 2.75) is 12.5 Å². The average molecular weight is 420 g/mol. The maximum absolute atomic E-state index is 5.91. The fourth-order valence-electron chi connectivity index (χ4n) is 2.88. The zero-order valence-electron chi connectivity index (χ0n) is 13.9. The summed E-state index contributed by atoms with van der Waals surface area (Å²) < 4.78 is 11.7. The Morgan fingerprint density at radius 3 is 2.60 bits per heavy atom. The molecule has 1 heterocycles. The van der Waals surface area contributed by atoms with Gasteiger partial charge in [0.15, 0.2) is 16.6 Å². The van der Waals surface area contributed by atoms with Crippen molar-refractivity contribution in [3.8, 4) is 11.5 Å². The summed E-state index contributed by atoms with van der Waals surface area (Å²) in [5.74, 6) is 1.35. The zero-order chi connectivity index (χ0) is 18.0. The van der Waals surface area contributed by atoms with Gasteiger partial charge in [-0.25, -0.2) is 5.01 Å². The van der Waals surface area contributed by atoms with Crippen molar-refractivity contribution in [3.05, 3.63) is 58.1 Å². The maximum atomic E-state index is 5.91. The van der Waals surface area contributed by atoms with Crippen LogP contribution in [0.4, 0.5) is 0 Å². The third-order valence-corrected chi connectivity index (χ3v) is 4.77. The van der Waals surface area contributed by atoms with Crippen LogP contribution in [-0.2, 0) is 0 Å². The Hall–Kier alpha value is -2.12. The van der Waals surface area contributed by atoms with Gasteiger partial charge in [-0.05, 0) is 47.6 Å². The number of hydrazone groups is 1. The van der Waals surface area contributed by atoms with Crippen molar-refractivity contribution in [2.24, 2.45) is 10.8 Å². The van der Waals surface area contributed by atoms with Gasteiger partial charge in [-0.3, -0.25) is 0 Å². The normalized spacial score (nSPS) is 16.5. The van der Waals surface area contributed by atoms with Gasteiger partial charge in [0.2, 0.25) is 0 Å². The Morgan fingerprint density at radius 1 is 1.20 bits per heavy atom. The lowest BCUT2D eigenvalue weighted by molar-refractivity contribution is 0.347. The van der Waals surface area contributed by atoms with E-state index >= 15 is 0 Å². The number of hydrogen-bond donors (Lipinski definition) is 1. The van der Waals surface area contributed by atoms with E-state index in [-0.39, 0.29) is 11.2 Å². The van der Waals surface area contributed by atoms with E-state index in [1.807, 2.05) is 42.5 Å². The van der Waals surface area contributed by atoms with Crippen molar-refractivity contribution in [2.75, 3.05) is 14.2 Å². The molecule has 1 atom stereocenters. The smallest absolute Gasteiger partial charge is 0.187 e. The topological polar surface area (TPSA) is 60.1 Å². The van der Waals surface area contributed by atoms with Gasteiger partial charge < -0.3 is 15.2 Å². The zero-order valence-corrected chi connectivity index (χ0v) is 16.3. The standard InChI is InChI=1S/C18H18BrN3O2S/c1-23-16-7-6-12(9-17(16)24-2)15-10-14(21-22(15)18(20)25)11-4-3-5-13(19)8-11/h3-9,15H,10H2,1-2H3,(H2,20,25). The second-order valence-corrected chi connectivity index (χ2v) is 6.91. The molecule has 7 heteroatoms. The number of nitrogens with zero attached hydrogens (tertiary/aromatic N) is 2. The van der Waals surface area contributed by atoms with Gasteiger partial charge in [-0.15, -0.1) is 0 Å². The van der Waals surface area contributed by atoms with Gasteiger partial charge in [0.25, 0.3) is 0 Å². The molecule has 0 radical (unpaired) electrons. The first kappa shape index (κ1) is 17.7. The van der Waals surface area contributed by atoms with Gasteiger partial charge >= 0.3 is 0 Å². The highest BCUT2D eigenvalue weighted by molar-refractivity contribution is 9.10. The summed E-state index contributed by atoms with van der Waals surface area (Å²) in [6.45, 7) is 0. The molecule has 25 heavy (non-hydrogen) atoms. The fourth-order valence-corrected chi connectivity index (χ4v) is 3.44. The molecule has 0 amide bonds. The van der Waals surface area contributed by atoms with Crippen LogP contribution in [0.3, 0.4) is 0 Å². The number of nitrogens with two attached hydrogens (primary N) is 1. The van der Waals surface area contributed by atoms with Gasteiger partial charge in [0.1, 0.15) is 0 Å². The van der Waals surface area contributed by atoms with Crippen LogP contribution in [0, 0.1) is 0 Å². The van der Waals surface area contributed by atoms with Crippen LogP contribution in [0.25, 0.3) is 0 Å². The van der Waals surface area contributed by atoms with Crippen molar-refractivity contribution in [1.29, 1.82) is 0 Å². The summed E-state index contributed by atoms with van der Waals surface area (Å²) >= 11 is 8.70. The molecule has 5 nitrogen and oxygen atoms in total. The molecule has 0 saturated heterocycles.